The third kappa shape index (κ3) is 2.77. The Morgan fingerprint density at radius 2 is 1.96 bits per heavy atom. The van der Waals surface area contributed by atoms with Crippen molar-refractivity contribution < 1.29 is 0 Å². The summed E-state index contributed by atoms with van der Waals surface area (Å²) in [6.45, 7) is 0.822. The number of fused-ring (bicyclic) bond motifs is 1. The van der Waals surface area contributed by atoms with Crippen molar-refractivity contribution in [3.05, 3.63) is 36.8 Å². The van der Waals surface area contributed by atoms with E-state index in [9.17, 15) is 0 Å². The van der Waals surface area contributed by atoms with E-state index in [1.165, 1.54) is 36.6 Å². The minimum Gasteiger partial charge on any atom is -0.330 e. The maximum Gasteiger partial charge on any atom is 0.0923 e. The van der Waals surface area contributed by atoms with E-state index in [-0.39, 0.29) is 0 Å². The number of aryl methyl sites for hydroxylation is 1. The zero-order valence-electron chi connectivity index (χ0n) is 13.5. The molecule has 1 aliphatic rings. The van der Waals surface area contributed by atoms with Gasteiger partial charge in [-0.3, -0.25) is 9.36 Å². The number of benzene rings is 1. The Bertz CT molecular complexity index is 808. The van der Waals surface area contributed by atoms with Gasteiger partial charge in [-0.25, -0.2) is 0 Å². The van der Waals surface area contributed by atoms with Gasteiger partial charge < -0.3 is 5.73 Å². The Hall–Kier alpha value is -2.14. The molecule has 2 aromatic heterocycles. The first kappa shape index (κ1) is 14.5. The molecule has 3 aromatic rings. The molecule has 0 radical (unpaired) electrons. The van der Waals surface area contributed by atoms with Crippen molar-refractivity contribution in [3.8, 4) is 11.1 Å². The summed E-state index contributed by atoms with van der Waals surface area (Å²) >= 11 is 0. The van der Waals surface area contributed by atoms with Crippen LogP contribution in [0.25, 0.3) is 22.0 Å². The van der Waals surface area contributed by atoms with Crippen LogP contribution in [0.5, 0.6) is 0 Å². The van der Waals surface area contributed by atoms with Crippen LogP contribution in [0, 0.1) is 5.92 Å². The van der Waals surface area contributed by atoms with Crippen molar-refractivity contribution in [1.29, 1.82) is 0 Å². The quantitative estimate of drug-likeness (QED) is 0.808. The zero-order chi connectivity index (χ0) is 15.8. The molecule has 0 atom stereocenters. The average Bonchev–Trinajstić information content (AvgIpc) is 3.20. The molecule has 1 fully saturated rings. The van der Waals surface area contributed by atoms with E-state index in [2.05, 4.69) is 34.2 Å². The molecule has 5 nitrogen and oxygen atoms in total. The molecule has 23 heavy (non-hydrogen) atoms. The molecule has 1 saturated carbocycles. The topological polar surface area (TPSA) is 61.7 Å². The Morgan fingerprint density at radius 1 is 1.13 bits per heavy atom. The summed E-state index contributed by atoms with van der Waals surface area (Å²) in [6, 6.07) is 6.97. The van der Waals surface area contributed by atoms with Crippen LogP contribution in [-0.4, -0.2) is 26.1 Å². The van der Waals surface area contributed by atoms with Crippen molar-refractivity contribution in [2.45, 2.75) is 31.7 Å². The summed E-state index contributed by atoms with van der Waals surface area (Å²) in [4.78, 5) is 0. The van der Waals surface area contributed by atoms with E-state index in [1.807, 2.05) is 24.1 Å². The Labute approximate surface area is 136 Å². The van der Waals surface area contributed by atoms with Gasteiger partial charge in [-0.1, -0.05) is 6.07 Å². The monoisotopic (exact) mass is 309 g/mol. The van der Waals surface area contributed by atoms with Gasteiger partial charge in [0.05, 0.1) is 17.8 Å². The second kappa shape index (κ2) is 5.81. The molecule has 0 unspecified atom stereocenters. The maximum absolute atomic E-state index is 5.79. The van der Waals surface area contributed by atoms with Crippen molar-refractivity contribution >= 4 is 10.9 Å². The van der Waals surface area contributed by atoms with E-state index in [0.29, 0.717) is 12.0 Å². The molecule has 2 N–H and O–H groups in total. The zero-order valence-corrected chi connectivity index (χ0v) is 13.5. The van der Waals surface area contributed by atoms with Crippen LogP contribution in [0.1, 0.15) is 31.7 Å². The predicted molar refractivity (Wildman–Crippen MR) is 92.0 cm³/mol. The number of nitrogens with two attached hydrogens (primary N) is 1. The van der Waals surface area contributed by atoms with Gasteiger partial charge in [-0.2, -0.15) is 10.2 Å². The number of rotatable bonds is 3. The van der Waals surface area contributed by atoms with Crippen molar-refractivity contribution in [2.24, 2.45) is 18.7 Å². The van der Waals surface area contributed by atoms with Crippen LogP contribution in [0.3, 0.4) is 0 Å². The maximum atomic E-state index is 5.79. The van der Waals surface area contributed by atoms with Gasteiger partial charge in [0.2, 0.25) is 0 Å². The number of aromatic nitrogens is 4. The molecule has 5 heteroatoms. The molecule has 0 aliphatic heterocycles. The molecular formula is C18H23N5. The fourth-order valence-corrected chi connectivity index (χ4v) is 3.63. The SMILES string of the molecule is Cn1cc(-c2ccc3nn(C4CCC(CN)CC4)cc3c2)cn1. The minimum atomic E-state index is 0.520. The van der Waals surface area contributed by atoms with E-state index < -0.39 is 0 Å². The first-order valence-corrected chi connectivity index (χ1v) is 8.41. The van der Waals surface area contributed by atoms with Gasteiger partial charge in [0.25, 0.3) is 0 Å². The van der Waals surface area contributed by atoms with Gasteiger partial charge in [-0.15, -0.1) is 0 Å². The third-order valence-electron chi connectivity index (χ3n) is 5.08. The van der Waals surface area contributed by atoms with Crippen LogP contribution in [0.2, 0.25) is 0 Å². The normalized spacial score (nSPS) is 21.8. The average molecular weight is 309 g/mol. The summed E-state index contributed by atoms with van der Waals surface area (Å²) in [6.07, 6.45) is 11.0. The van der Waals surface area contributed by atoms with Crippen LogP contribution in [0.4, 0.5) is 0 Å². The number of hydrogen-bond donors (Lipinski definition) is 1. The lowest BCUT2D eigenvalue weighted by atomic mass is 9.86. The molecular weight excluding hydrogens is 286 g/mol. The fraction of sp³-hybridized carbons (Fsp3) is 0.444. The highest BCUT2D eigenvalue weighted by Gasteiger charge is 2.22. The van der Waals surface area contributed by atoms with E-state index in [0.717, 1.165) is 17.6 Å². The molecule has 4 rings (SSSR count). The summed E-state index contributed by atoms with van der Waals surface area (Å²) in [5.41, 5.74) is 9.20. The standard InChI is InChI=1S/C18H23N5/c1-22-11-16(10-20-22)14-4-7-18-15(8-14)12-23(21-18)17-5-2-13(9-19)3-6-17/h4,7-8,10-13,17H,2-3,5-6,9,19H2,1H3. The molecule has 0 bridgehead atoms. The van der Waals surface area contributed by atoms with E-state index in [4.69, 9.17) is 10.8 Å². The lowest BCUT2D eigenvalue weighted by Gasteiger charge is -2.27. The molecule has 2 heterocycles. The highest BCUT2D eigenvalue weighted by atomic mass is 15.3. The lowest BCUT2D eigenvalue weighted by Crippen LogP contribution is -2.23. The molecule has 0 spiro atoms. The van der Waals surface area contributed by atoms with Crippen LogP contribution in [-0.2, 0) is 7.05 Å². The Kier molecular flexibility index (Phi) is 3.65. The third-order valence-corrected chi connectivity index (χ3v) is 5.08. The van der Waals surface area contributed by atoms with Gasteiger partial charge in [0, 0.05) is 30.4 Å². The highest BCUT2D eigenvalue weighted by molar-refractivity contribution is 5.83. The largest absolute Gasteiger partial charge is 0.330 e. The van der Waals surface area contributed by atoms with Gasteiger partial charge in [0.15, 0.2) is 0 Å². The number of nitrogens with zero attached hydrogens (tertiary/aromatic N) is 4. The van der Waals surface area contributed by atoms with Crippen LogP contribution in [0.15, 0.2) is 36.8 Å². The van der Waals surface area contributed by atoms with Gasteiger partial charge in [0.1, 0.15) is 0 Å². The summed E-state index contributed by atoms with van der Waals surface area (Å²) < 4.78 is 4.00. The highest BCUT2D eigenvalue weighted by Crippen LogP contribution is 2.32. The summed E-state index contributed by atoms with van der Waals surface area (Å²) in [5, 5.41) is 10.2. The Morgan fingerprint density at radius 3 is 2.65 bits per heavy atom. The first-order chi connectivity index (χ1) is 11.2. The second-order valence-electron chi connectivity index (χ2n) is 6.70. The summed E-state index contributed by atoms with van der Waals surface area (Å²) in [7, 11) is 1.94. The first-order valence-electron chi connectivity index (χ1n) is 8.41. The van der Waals surface area contributed by atoms with Crippen LogP contribution >= 0.6 is 0 Å². The molecule has 1 aromatic carbocycles. The minimum absolute atomic E-state index is 0.520. The smallest absolute Gasteiger partial charge is 0.0923 e. The number of hydrogen-bond acceptors (Lipinski definition) is 3. The predicted octanol–water partition coefficient (Wildman–Crippen LogP) is 3.13. The van der Waals surface area contributed by atoms with Gasteiger partial charge >= 0.3 is 0 Å². The van der Waals surface area contributed by atoms with Crippen molar-refractivity contribution in [1.82, 2.24) is 19.6 Å². The molecule has 1 aliphatic carbocycles. The van der Waals surface area contributed by atoms with Crippen LogP contribution < -0.4 is 5.73 Å². The Balaban J connectivity index is 1.61. The van der Waals surface area contributed by atoms with Crippen molar-refractivity contribution in [2.75, 3.05) is 6.54 Å². The van der Waals surface area contributed by atoms with Crippen molar-refractivity contribution in [3.63, 3.8) is 0 Å². The van der Waals surface area contributed by atoms with E-state index in [1.54, 1.807) is 0 Å². The fourth-order valence-electron chi connectivity index (χ4n) is 3.63. The molecule has 0 amide bonds. The van der Waals surface area contributed by atoms with Gasteiger partial charge in [-0.05, 0) is 55.8 Å². The second-order valence-corrected chi connectivity index (χ2v) is 6.70. The van der Waals surface area contributed by atoms with E-state index >= 15 is 0 Å². The summed E-state index contributed by atoms with van der Waals surface area (Å²) in [5.74, 6) is 0.702. The lowest BCUT2D eigenvalue weighted by molar-refractivity contribution is 0.266. The molecule has 0 saturated heterocycles. The molecule has 120 valence electrons.